The zero-order valence-electron chi connectivity index (χ0n) is 14.4. The first-order chi connectivity index (χ1) is 12.1. The van der Waals surface area contributed by atoms with Gasteiger partial charge in [-0.3, -0.25) is 4.79 Å². The summed E-state index contributed by atoms with van der Waals surface area (Å²) in [5, 5.41) is 10.6. The Balaban J connectivity index is 1.93. The summed E-state index contributed by atoms with van der Waals surface area (Å²) >= 11 is 0. The molecule has 3 N–H and O–H groups in total. The first-order valence-corrected chi connectivity index (χ1v) is 8.09. The summed E-state index contributed by atoms with van der Waals surface area (Å²) in [6, 6.07) is 10.7. The number of aliphatic hydroxyl groups is 1. The van der Waals surface area contributed by atoms with E-state index in [1.165, 1.54) is 0 Å². The molecule has 6 nitrogen and oxygen atoms in total. The van der Waals surface area contributed by atoms with Gasteiger partial charge < -0.3 is 25.2 Å². The van der Waals surface area contributed by atoms with Crippen molar-refractivity contribution in [3.63, 3.8) is 0 Å². The topological polar surface area (TPSA) is 85.0 Å². The molecule has 2 aromatic carbocycles. The van der Waals surface area contributed by atoms with Gasteiger partial charge in [0.25, 0.3) is 5.91 Å². The average Bonchev–Trinajstić information content (AvgIpc) is 2.66. The van der Waals surface area contributed by atoms with Crippen LogP contribution in [0.3, 0.4) is 0 Å². The third-order valence-electron chi connectivity index (χ3n) is 4.51. The van der Waals surface area contributed by atoms with Gasteiger partial charge in [0, 0.05) is 23.2 Å². The SMILES string of the molecule is COc1ccc(OC)c2c1CN(C(=O)c1ccc(CN)cc1)CC2O. The van der Waals surface area contributed by atoms with E-state index in [1.54, 1.807) is 43.4 Å². The minimum Gasteiger partial charge on any atom is -0.496 e. The Morgan fingerprint density at radius 1 is 1.16 bits per heavy atom. The molecule has 0 saturated heterocycles. The lowest BCUT2D eigenvalue weighted by Crippen LogP contribution is -2.38. The molecule has 1 aliphatic heterocycles. The van der Waals surface area contributed by atoms with Crippen LogP contribution in [0.25, 0.3) is 0 Å². The maximum absolute atomic E-state index is 12.8. The number of nitrogens with zero attached hydrogens (tertiary/aromatic N) is 1. The fourth-order valence-electron chi connectivity index (χ4n) is 3.20. The number of carbonyl (C=O) groups excluding carboxylic acids is 1. The molecular formula is C19H22N2O4. The molecule has 2 aromatic rings. The van der Waals surface area contributed by atoms with Crippen molar-refractivity contribution < 1.29 is 19.4 Å². The van der Waals surface area contributed by atoms with Crippen molar-refractivity contribution in [1.29, 1.82) is 0 Å². The van der Waals surface area contributed by atoms with Crippen molar-refractivity contribution in [1.82, 2.24) is 4.90 Å². The molecule has 0 radical (unpaired) electrons. The van der Waals surface area contributed by atoms with Crippen LogP contribution in [0.1, 0.15) is 33.2 Å². The summed E-state index contributed by atoms with van der Waals surface area (Å²) in [6.07, 6.45) is -0.832. The molecule has 0 bridgehead atoms. The number of nitrogens with two attached hydrogens (primary N) is 1. The zero-order chi connectivity index (χ0) is 18.0. The molecule has 1 atom stereocenters. The van der Waals surface area contributed by atoms with Crippen LogP contribution < -0.4 is 15.2 Å². The molecular weight excluding hydrogens is 320 g/mol. The quantitative estimate of drug-likeness (QED) is 0.886. The van der Waals surface area contributed by atoms with Crippen molar-refractivity contribution in [3.8, 4) is 11.5 Å². The third-order valence-corrected chi connectivity index (χ3v) is 4.51. The van der Waals surface area contributed by atoms with E-state index >= 15 is 0 Å². The Hall–Kier alpha value is -2.57. The predicted molar refractivity (Wildman–Crippen MR) is 93.6 cm³/mol. The van der Waals surface area contributed by atoms with E-state index in [9.17, 15) is 9.90 Å². The van der Waals surface area contributed by atoms with E-state index in [1.807, 2.05) is 12.1 Å². The molecule has 0 aliphatic carbocycles. The Bertz CT molecular complexity index is 774. The second-order valence-corrected chi connectivity index (χ2v) is 5.96. The van der Waals surface area contributed by atoms with Crippen LogP contribution in [0.15, 0.2) is 36.4 Å². The summed E-state index contributed by atoms with van der Waals surface area (Å²) < 4.78 is 10.8. The van der Waals surface area contributed by atoms with Gasteiger partial charge in [-0.15, -0.1) is 0 Å². The second kappa shape index (κ2) is 7.13. The fraction of sp³-hybridized carbons (Fsp3) is 0.316. The number of β-amino-alcohol motifs (C(OH)–C–C–N with tert-alkyl or cyclic N) is 1. The number of amides is 1. The monoisotopic (exact) mass is 342 g/mol. The smallest absolute Gasteiger partial charge is 0.254 e. The highest BCUT2D eigenvalue weighted by Gasteiger charge is 2.32. The lowest BCUT2D eigenvalue weighted by Gasteiger charge is -2.34. The molecule has 6 heteroatoms. The molecule has 1 aliphatic rings. The van der Waals surface area contributed by atoms with Crippen molar-refractivity contribution in [3.05, 3.63) is 58.7 Å². The van der Waals surface area contributed by atoms with E-state index in [-0.39, 0.29) is 12.5 Å². The van der Waals surface area contributed by atoms with E-state index in [0.29, 0.717) is 35.7 Å². The van der Waals surface area contributed by atoms with Gasteiger partial charge in [-0.05, 0) is 29.8 Å². The highest BCUT2D eigenvalue weighted by molar-refractivity contribution is 5.94. The number of ether oxygens (including phenoxy) is 2. The largest absolute Gasteiger partial charge is 0.496 e. The van der Waals surface area contributed by atoms with E-state index in [4.69, 9.17) is 15.2 Å². The van der Waals surface area contributed by atoms with Crippen molar-refractivity contribution in [2.45, 2.75) is 19.2 Å². The van der Waals surface area contributed by atoms with Crippen molar-refractivity contribution in [2.24, 2.45) is 5.73 Å². The van der Waals surface area contributed by atoms with Crippen LogP contribution in [-0.4, -0.2) is 36.7 Å². The summed E-state index contributed by atoms with van der Waals surface area (Å²) in [5.74, 6) is 1.09. The lowest BCUT2D eigenvalue weighted by atomic mass is 9.94. The maximum atomic E-state index is 12.8. The standard InChI is InChI=1S/C19H22N2O4/c1-24-16-7-8-17(25-2)18-14(16)10-21(11-15(18)22)19(23)13-5-3-12(9-20)4-6-13/h3-8,15,22H,9-11,20H2,1-2H3. The number of aliphatic hydroxyl groups excluding tert-OH is 1. The Kier molecular flexibility index (Phi) is 4.92. The molecule has 25 heavy (non-hydrogen) atoms. The fourth-order valence-corrected chi connectivity index (χ4v) is 3.20. The van der Waals surface area contributed by atoms with Gasteiger partial charge in [0.1, 0.15) is 17.6 Å². The number of benzene rings is 2. The van der Waals surface area contributed by atoms with Crippen LogP contribution in [0, 0.1) is 0 Å². The summed E-state index contributed by atoms with van der Waals surface area (Å²) in [4.78, 5) is 14.4. The van der Waals surface area contributed by atoms with Crippen molar-refractivity contribution >= 4 is 5.91 Å². The van der Waals surface area contributed by atoms with Gasteiger partial charge in [0.15, 0.2) is 0 Å². The predicted octanol–water partition coefficient (Wildman–Crippen LogP) is 1.85. The molecule has 0 aromatic heterocycles. The van der Waals surface area contributed by atoms with Crippen LogP contribution in [0.5, 0.6) is 11.5 Å². The van der Waals surface area contributed by atoms with Gasteiger partial charge in [-0.2, -0.15) is 0 Å². The number of hydrogen-bond donors (Lipinski definition) is 2. The molecule has 0 fully saturated rings. The molecule has 3 rings (SSSR count). The van der Waals surface area contributed by atoms with Crippen LogP contribution in [0.4, 0.5) is 0 Å². The summed E-state index contributed by atoms with van der Waals surface area (Å²) in [5.41, 5.74) is 8.58. The van der Waals surface area contributed by atoms with Crippen LogP contribution in [-0.2, 0) is 13.1 Å². The molecule has 0 spiro atoms. The first kappa shape index (κ1) is 17.3. The third kappa shape index (κ3) is 3.18. The van der Waals surface area contributed by atoms with Gasteiger partial charge >= 0.3 is 0 Å². The maximum Gasteiger partial charge on any atom is 0.254 e. The van der Waals surface area contributed by atoms with E-state index < -0.39 is 6.10 Å². The number of hydrogen-bond acceptors (Lipinski definition) is 5. The Labute approximate surface area is 146 Å². The first-order valence-electron chi connectivity index (χ1n) is 8.09. The summed E-state index contributed by atoms with van der Waals surface area (Å²) in [6.45, 7) is 0.986. The second-order valence-electron chi connectivity index (χ2n) is 5.96. The number of methoxy groups -OCH3 is 2. The minimum atomic E-state index is -0.832. The van der Waals surface area contributed by atoms with Crippen LogP contribution in [0.2, 0.25) is 0 Å². The number of fused-ring (bicyclic) bond motifs is 1. The Morgan fingerprint density at radius 3 is 2.40 bits per heavy atom. The van der Waals surface area contributed by atoms with Crippen molar-refractivity contribution in [2.75, 3.05) is 20.8 Å². The molecule has 1 amide bonds. The molecule has 0 saturated carbocycles. The van der Waals surface area contributed by atoms with Crippen LogP contribution >= 0.6 is 0 Å². The van der Waals surface area contributed by atoms with Gasteiger partial charge in [-0.1, -0.05) is 12.1 Å². The highest BCUT2D eigenvalue weighted by atomic mass is 16.5. The van der Waals surface area contributed by atoms with Gasteiger partial charge in [0.2, 0.25) is 0 Å². The molecule has 1 unspecified atom stereocenters. The molecule has 1 heterocycles. The van der Waals surface area contributed by atoms with E-state index in [2.05, 4.69) is 0 Å². The van der Waals surface area contributed by atoms with Gasteiger partial charge in [0.05, 0.1) is 27.3 Å². The minimum absolute atomic E-state index is 0.141. The normalized spacial score (nSPS) is 16.3. The van der Waals surface area contributed by atoms with Gasteiger partial charge in [-0.25, -0.2) is 0 Å². The Morgan fingerprint density at radius 2 is 1.80 bits per heavy atom. The highest BCUT2D eigenvalue weighted by Crippen LogP contribution is 2.39. The lowest BCUT2D eigenvalue weighted by molar-refractivity contribution is 0.0538. The summed E-state index contributed by atoms with van der Waals surface area (Å²) in [7, 11) is 3.13. The average molecular weight is 342 g/mol. The number of rotatable bonds is 4. The zero-order valence-corrected chi connectivity index (χ0v) is 14.4. The number of carbonyl (C=O) groups is 1. The van der Waals surface area contributed by atoms with E-state index in [0.717, 1.165) is 11.1 Å². The molecule has 132 valence electrons.